The summed E-state index contributed by atoms with van der Waals surface area (Å²) in [5.41, 5.74) is 1.97. The van der Waals surface area contributed by atoms with Crippen LogP contribution in [-0.4, -0.2) is 33.0 Å². The van der Waals surface area contributed by atoms with Crippen LogP contribution >= 0.6 is 24.8 Å². The van der Waals surface area contributed by atoms with Crippen molar-refractivity contribution in [3.8, 4) is 11.5 Å². The molecular formula is C12H17Cl2N5. The fourth-order valence-corrected chi connectivity index (χ4v) is 2.32. The van der Waals surface area contributed by atoms with E-state index in [4.69, 9.17) is 0 Å². The maximum atomic E-state index is 4.51. The summed E-state index contributed by atoms with van der Waals surface area (Å²) in [5, 5.41) is 3.37. The number of halogens is 2. The van der Waals surface area contributed by atoms with Crippen molar-refractivity contribution >= 4 is 24.8 Å². The molecule has 7 heteroatoms. The summed E-state index contributed by atoms with van der Waals surface area (Å²) < 4.78 is 0. The summed E-state index contributed by atoms with van der Waals surface area (Å²) in [6.45, 7) is 2.11. The Hall–Kier alpha value is -1.17. The van der Waals surface area contributed by atoms with E-state index in [1.807, 2.05) is 6.20 Å². The van der Waals surface area contributed by atoms with Gasteiger partial charge in [-0.15, -0.1) is 24.8 Å². The van der Waals surface area contributed by atoms with Gasteiger partial charge in [-0.3, -0.25) is 4.98 Å². The van der Waals surface area contributed by atoms with Crippen LogP contribution in [0.4, 0.5) is 0 Å². The zero-order valence-corrected chi connectivity index (χ0v) is 12.0. The molecule has 0 radical (unpaired) electrons. The second-order valence-corrected chi connectivity index (χ2v) is 4.25. The predicted molar refractivity (Wildman–Crippen MR) is 79.0 cm³/mol. The lowest BCUT2D eigenvalue weighted by atomic mass is 9.93. The van der Waals surface area contributed by atoms with Gasteiger partial charge >= 0.3 is 0 Å². The molecule has 0 aliphatic carbocycles. The highest BCUT2D eigenvalue weighted by Gasteiger charge is 2.21. The number of aromatic nitrogens is 4. The largest absolute Gasteiger partial charge is 0.343 e. The normalized spacial score (nSPS) is 15.4. The first-order valence-corrected chi connectivity index (χ1v) is 5.96. The first-order valence-electron chi connectivity index (χ1n) is 5.96. The third-order valence-corrected chi connectivity index (χ3v) is 3.17. The summed E-state index contributed by atoms with van der Waals surface area (Å²) >= 11 is 0. The molecule has 2 aromatic heterocycles. The SMILES string of the molecule is Cl.Cl.c1c[nH]c(-c2nccnc2C2CCNCC2)n1. The Morgan fingerprint density at radius 2 is 1.68 bits per heavy atom. The minimum Gasteiger partial charge on any atom is -0.343 e. The fraction of sp³-hybridized carbons (Fsp3) is 0.417. The number of nitrogens with zero attached hydrogens (tertiary/aromatic N) is 3. The highest BCUT2D eigenvalue weighted by atomic mass is 35.5. The van der Waals surface area contributed by atoms with Gasteiger partial charge in [-0.1, -0.05) is 0 Å². The average Bonchev–Trinajstić information content (AvgIpc) is 2.94. The molecule has 0 aromatic carbocycles. The third-order valence-electron chi connectivity index (χ3n) is 3.17. The van der Waals surface area contributed by atoms with Crippen LogP contribution in [0, 0.1) is 0 Å². The van der Waals surface area contributed by atoms with Crippen molar-refractivity contribution in [2.75, 3.05) is 13.1 Å². The molecule has 2 aromatic rings. The van der Waals surface area contributed by atoms with Crippen molar-refractivity contribution < 1.29 is 0 Å². The Morgan fingerprint density at radius 3 is 2.37 bits per heavy atom. The van der Waals surface area contributed by atoms with E-state index in [1.165, 1.54) is 0 Å². The fourth-order valence-electron chi connectivity index (χ4n) is 2.32. The van der Waals surface area contributed by atoms with E-state index in [9.17, 15) is 0 Å². The van der Waals surface area contributed by atoms with Gasteiger partial charge in [-0.05, 0) is 25.9 Å². The smallest absolute Gasteiger partial charge is 0.157 e. The number of H-pyrrole nitrogens is 1. The number of nitrogens with one attached hydrogen (secondary N) is 2. The zero-order chi connectivity index (χ0) is 11.5. The van der Waals surface area contributed by atoms with Gasteiger partial charge in [0.15, 0.2) is 5.82 Å². The third kappa shape index (κ3) is 3.43. The minimum atomic E-state index is 0. The summed E-state index contributed by atoms with van der Waals surface area (Å²) in [7, 11) is 0. The van der Waals surface area contributed by atoms with E-state index < -0.39 is 0 Å². The van der Waals surface area contributed by atoms with E-state index in [1.54, 1.807) is 18.6 Å². The molecule has 0 spiro atoms. The lowest BCUT2D eigenvalue weighted by Gasteiger charge is -2.22. The van der Waals surface area contributed by atoms with Gasteiger partial charge in [0.2, 0.25) is 0 Å². The Kier molecular flexibility index (Phi) is 6.21. The van der Waals surface area contributed by atoms with Crippen LogP contribution in [0.3, 0.4) is 0 Å². The molecule has 0 saturated carbocycles. The first-order chi connectivity index (χ1) is 8.45. The van der Waals surface area contributed by atoms with Gasteiger partial charge in [0.05, 0.1) is 5.69 Å². The quantitative estimate of drug-likeness (QED) is 0.892. The molecule has 0 amide bonds. The Bertz CT molecular complexity index is 483. The van der Waals surface area contributed by atoms with Crippen molar-refractivity contribution in [1.82, 2.24) is 25.3 Å². The number of rotatable bonds is 2. The average molecular weight is 302 g/mol. The second-order valence-electron chi connectivity index (χ2n) is 4.25. The molecule has 1 aliphatic rings. The van der Waals surface area contributed by atoms with E-state index in [-0.39, 0.29) is 24.8 Å². The molecule has 5 nitrogen and oxygen atoms in total. The summed E-state index contributed by atoms with van der Waals surface area (Å²) in [6.07, 6.45) is 9.29. The van der Waals surface area contributed by atoms with Crippen molar-refractivity contribution in [2.45, 2.75) is 18.8 Å². The summed E-state index contributed by atoms with van der Waals surface area (Å²) in [5.74, 6) is 1.30. The topological polar surface area (TPSA) is 66.5 Å². The van der Waals surface area contributed by atoms with Crippen LogP contribution < -0.4 is 5.32 Å². The van der Waals surface area contributed by atoms with Crippen LogP contribution in [-0.2, 0) is 0 Å². The molecule has 3 heterocycles. The van der Waals surface area contributed by atoms with Crippen LogP contribution in [0.15, 0.2) is 24.8 Å². The second kappa shape index (κ2) is 7.43. The van der Waals surface area contributed by atoms with E-state index in [2.05, 4.69) is 25.3 Å². The van der Waals surface area contributed by atoms with Gasteiger partial charge in [-0.25, -0.2) is 9.97 Å². The van der Waals surface area contributed by atoms with Crippen molar-refractivity contribution in [1.29, 1.82) is 0 Å². The predicted octanol–water partition coefficient (Wildman–Crippen LogP) is 2.18. The molecule has 0 bridgehead atoms. The van der Waals surface area contributed by atoms with Gasteiger partial charge in [0, 0.05) is 30.7 Å². The minimum absolute atomic E-state index is 0. The Morgan fingerprint density at radius 1 is 0.947 bits per heavy atom. The van der Waals surface area contributed by atoms with Gasteiger partial charge in [-0.2, -0.15) is 0 Å². The van der Waals surface area contributed by atoms with Crippen LogP contribution in [0.5, 0.6) is 0 Å². The van der Waals surface area contributed by atoms with E-state index in [0.717, 1.165) is 43.1 Å². The van der Waals surface area contributed by atoms with Gasteiger partial charge in [0.25, 0.3) is 0 Å². The maximum Gasteiger partial charge on any atom is 0.157 e. The molecule has 1 saturated heterocycles. The molecule has 19 heavy (non-hydrogen) atoms. The Balaban J connectivity index is 0.000000902. The van der Waals surface area contributed by atoms with Crippen LogP contribution in [0.2, 0.25) is 0 Å². The van der Waals surface area contributed by atoms with Crippen molar-refractivity contribution in [2.24, 2.45) is 0 Å². The first kappa shape index (κ1) is 15.9. The van der Waals surface area contributed by atoms with Crippen LogP contribution in [0.25, 0.3) is 11.5 Å². The van der Waals surface area contributed by atoms with Gasteiger partial charge < -0.3 is 10.3 Å². The zero-order valence-electron chi connectivity index (χ0n) is 10.4. The molecule has 104 valence electrons. The molecule has 0 unspecified atom stereocenters. The molecule has 1 aliphatic heterocycles. The Labute approximate surface area is 124 Å². The lowest BCUT2D eigenvalue weighted by molar-refractivity contribution is 0.453. The van der Waals surface area contributed by atoms with Crippen molar-refractivity contribution in [3.05, 3.63) is 30.5 Å². The van der Waals surface area contributed by atoms with E-state index >= 15 is 0 Å². The highest BCUT2D eigenvalue weighted by molar-refractivity contribution is 5.85. The number of hydrogen-bond acceptors (Lipinski definition) is 4. The lowest BCUT2D eigenvalue weighted by Crippen LogP contribution is -2.27. The summed E-state index contributed by atoms with van der Waals surface area (Å²) in [6, 6.07) is 0. The molecule has 0 atom stereocenters. The molecule has 2 N–H and O–H groups in total. The summed E-state index contributed by atoms with van der Waals surface area (Å²) in [4.78, 5) is 16.3. The number of hydrogen-bond donors (Lipinski definition) is 2. The number of piperidine rings is 1. The standard InChI is InChI=1S/C12H15N5.2ClH/c1-3-13-4-2-9(1)10-11(15-6-5-14-10)12-16-7-8-17-12;;/h5-9,13H,1-4H2,(H,16,17);2*1H. The number of aromatic amines is 1. The van der Waals surface area contributed by atoms with Gasteiger partial charge in [0.1, 0.15) is 5.69 Å². The monoisotopic (exact) mass is 301 g/mol. The molecule has 1 fully saturated rings. The van der Waals surface area contributed by atoms with Crippen LogP contribution in [0.1, 0.15) is 24.5 Å². The molecule has 3 rings (SSSR count). The highest BCUT2D eigenvalue weighted by Crippen LogP contribution is 2.29. The molecular weight excluding hydrogens is 285 g/mol. The maximum absolute atomic E-state index is 4.51. The van der Waals surface area contributed by atoms with E-state index in [0.29, 0.717) is 5.92 Å². The van der Waals surface area contributed by atoms with Crippen molar-refractivity contribution in [3.63, 3.8) is 0 Å². The number of imidazole rings is 1.